The van der Waals surface area contributed by atoms with Gasteiger partial charge in [-0.15, -0.1) is 0 Å². The molecule has 1 heterocycles. The van der Waals surface area contributed by atoms with E-state index in [2.05, 4.69) is 26.2 Å². The van der Waals surface area contributed by atoms with Crippen molar-refractivity contribution in [1.29, 1.82) is 0 Å². The Morgan fingerprint density at radius 2 is 2.12 bits per heavy atom. The normalized spacial score (nSPS) is 10.5. The zero-order chi connectivity index (χ0) is 12.1. The van der Waals surface area contributed by atoms with Crippen LogP contribution in [0.25, 0.3) is 0 Å². The molecule has 1 N–H and O–H groups in total. The van der Waals surface area contributed by atoms with E-state index in [-0.39, 0.29) is 0 Å². The van der Waals surface area contributed by atoms with Crippen molar-refractivity contribution in [2.75, 3.05) is 0 Å². The van der Waals surface area contributed by atoms with E-state index in [1.807, 2.05) is 36.5 Å². The van der Waals surface area contributed by atoms with E-state index in [9.17, 15) is 0 Å². The van der Waals surface area contributed by atoms with Crippen molar-refractivity contribution in [3.63, 3.8) is 0 Å². The Bertz CT molecular complexity index is 488. The van der Waals surface area contributed by atoms with Crippen LogP contribution in [0.2, 0.25) is 5.02 Å². The molecule has 17 heavy (non-hydrogen) atoms. The van der Waals surface area contributed by atoms with Crippen LogP contribution in [0, 0.1) is 0 Å². The average molecular weight is 312 g/mol. The van der Waals surface area contributed by atoms with Gasteiger partial charge in [-0.25, -0.2) is 0 Å². The summed E-state index contributed by atoms with van der Waals surface area (Å²) in [5.41, 5.74) is 2.33. The predicted molar refractivity (Wildman–Crippen MR) is 73.9 cm³/mol. The van der Waals surface area contributed by atoms with Gasteiger partial charge in [-0.2, -0.15) is 0 Å². The highest BCUT2D eigenvalue weighted by Gasteiger charge is 2.00. The minimum Gasteiger partial charge on any atom is -0.309 e. The number of nitrogens with one attached hydrogen (secondary N) is 1. The lowest BCUT2D eigenvalue weighted by Crippen LogP contribution is -2.13. The van der Waals surface area contributed by atoms with Crippen molar-refractivity contribution in [3.8, 4) is 0 Å². The van der Waals surface area contributed by atoms with Crippen molar-refractivity contribution in [2.24, 2.45) is 0 Å². The summed E-state index contributed by atoms with van der Waals surface area (Å²) in [4.78, 5) is 4.07. The fourth-order valence-electron chi connectivity index (χ4n) is 1.52. The van der Waals surface area contributed by atoms with Crippen molar-refractivity contribution >= 4 is 27.5 Å². The van der Waals surface area contributed by atoms with Crippen LogP contribution >= 0.6 is 27.5 Å². The number of aromatic nitrogens is 1. The number of hydrogen-bond donors (Lipinski definition) is 1. The molecule has 2 aromatic rings. The molecule has 1 aromatic heterocycles. The van der Waals surface area contributed by atoms with Crippen LogP contribution < -0.4 is 5.32 Å². The SMILES string of the molecule is Clc1ccc(Br)c(CNCc2cccnc2)c1. The third-order valence-electron chi connectivity index (χ3n) is 2.38. The molecule has 0 aliphatic heterocycles. The molecule has 88 valence electrons. The lowest BCUT2D eigenvalue weighted by Gasteiger charge is -2.07. The fourth-order valence-corrected chi connectivity index (χ4v) is 2.10. The van der Waals surface area contributed by atoms with Gasteiger partial charge in [0.25, 0.3) is 0 Å². The second-order valence-electron chi connectivity index (χ2n) is 3.70. The Labute approximate surface area is 114 Å². The first-order valence-electron chi connectivity index (χ1n) is 5.29. The van der Waals surface area contributed by atoms with Gasteiger partial charge in [0.1, 0.15) is 0 Å². The minimum absolute atomic E-state index is 0.756. The number of hydrogen-bond acceptors (Lipinski definition) is 2. The zero-order valence-electron chi connectivity index (χ0n) is 9.16. The standard InChI is InChI=1S/C13H12BrClN2/c14-13-4-3-12(15)6-11(13)9-17-8-10-2-1-5-16-7-10/h1-7,17H,8-9H2. The van der Waals surface area contributed by atoms with E-state index in [4.69, 9.17) is 11.6 Å². The fraction of sp³-hybridized carbons (Fsp3) is 0.154. The first kappa shape index (κ1) is 12.6. The summed E-state index contributed by atoms with van der Waals surface area (Å²) in [5, 5.41) is 4.11. The van der Waals surface area contributed by atoms with Gasteiger partial charge < -0.3 is 5.32 Å². The smallest absolute Gasteiger partial charge is 0.0410 e. The molecule has 0 saturated heterocycles. The van der Waals surface area contributed by atoms with Crippen LogP contribution in [-0.2, 0) is 13.1 Å². The Balaban J connectivity index is 1.92. The molecule has 1 aromatic carbocycles. The molecule has 0 bridgehead atoms. The third-order valence-corrected chi connectivity index (χ3v) is 3.38. The van der Waals surface area contributed by atoms with Crippen LogP contribution in [0.5, 0.6) is 0 Å². The topological polar surface area (TPSA) is 24.9 Å². The van der Waals surface area contributed by atoms with Crippen molar-refractivity contribution in [1.82, 2.24) is 10.3 Å². The summed E-state index contributed by atoms with van der Waals surface area (Å²) in [6.07, 6.45) is 3.64. The largest absolute Gasteiger partial charge is 0.309 e. The Kier molecular flexibility index (Phi) is 4.54. The summed E-state index contributed by atoms with van der Waals surface area (Å²) in [6.45, 7) is 1.57. The summed E-state index contributed by atoms with van der Waals surface area (Å²) in [5.74, 6) is 0. The van der Waals surface area contributed by atoms with Gasteiger partial charge in [0.2, 0.25) is 0 Å². The van der Waals surface area contributed by atoms with Gasteiger partial charge in [-0.3, -0.25) is 4.98 Å². The highest BCUT2D eigenvalue weighted by molar-refractivity contribution is 9.10. The van der Waals surface area contributed by atoms with Gasteiger partial charge in [-0.1, -0.05) is 33.6 Å². The van der Waals surface area contributed by atoms with Crippen LogP contribution in [0.15, 0.2) is 47.2 Å². The molecule has 0 saturated carbocycles. The van der Waals surface area contributed by atoms with Gasteiger partial charge >= 0.3 is 0 Å². The first-order valence-corrected chi connectivity index (χ1v) is 6.46. The van der Waals surface area contributed by atoms with E-state index >= 15 is 0 Å². The highest BCUT2D eigenvalue weighted by Crippen LogP contribution is 2.20. The third kappa shape index (κ3) is 3.80. The molecular formula is C13H12BrClN2. The van der Waals surface area contributed by atoms with E-state index in [1.165, 1.54) is 5.56 Å². The molecule has 0 amide bonds. The maximum Gasteiger partial charge on any atom is 0.0410 e. The minimum atomic E-state index is 0.756. The van der Waals surface area contributed by atoms with Gasteiger partial charge in [0.15, 0.2) is 0 Å². The monoisotopic (exact) mass is 310 g/mol. The lowest BCUT2D eigenvalue weighted by molar-refractivity contribution is 0.689. The number of benzene rings is 1. The Hall–Kier alpha value is -0.900. The number of pyridine rings is 1. The highest BCUT2D eigenvalue weighted by atomic mass is 79.9. The van der Waals surface area contributed by atoms with E-state index < -0.39 is 0 Å². The summed E-state index contributed by atoms with van der Waals surface area (Å²) in [7, 11) is 0. The second kappa shape index (κ2) is 6.15. The summed E-state index contributed by atoms with van der Waals surface area (Å²) < 4.78 is 1.07. The van der Waals surface area contributed by atoms with Crippen LogP contribution in [0.4, 0.5) is 0 Å². The quantitative estimate of drug-likeness (QED) is 0.929. The lowest BCUT2D eigenvalue weighted by atomic mass is 10.2. The van der Waals surface area contributed by atoms with Crippen molar-refractivity contribution in [3.05, 3.63) is 63.3 Å². The molecule has 0 spiro atoms. The molecule has 0 radical (unpaired) electrons. The first-order chi connectivity index (χ1) is 8.25. The molecule has 0 aliphatic carbocycles. The Morgan fingerprint density at radius 3 is 2.88 bits per heavy atom. The molecule has 4 heteroatoms. The van der Waals surface area contributed by atoms with Crippen molar-refractivity contribution in [2.45, 2.75) is 13.1 Å². The van der Waals surface area contributed by atoms with E-state index in [1.54, 1.807) is 6.20 Å². The van der Waals surface area contributed by atoms with Crippen LogP contribution in [-0.4, -0.2) is 4.98 Å². The van der Waals surface area contributed by atoms with E-state index in [0.29, 0.717) is 0 Å². The van der Waals surface area contributed by atoms with Crippen molar-refractivity contribution < 1.29 is 0 Å². The maximum absolute atomic E-state index is 5.95. The zero-order valence-corrected chi connectivity index (χ0v) is 11.5. The predicted octanol–water partition coefficient (Wildman–Crippen LogP) is 3.79. The number of nitrogens with zero attached hydrogens (tertiary/aromatic N) is 1. The molecule has 0 unspecified atom stereocenters. The van der Waals surface area contributed by atoms with Gasteiger partial charge in [-0.05, 0) is 35.4 Å². The number of halogens is 2. The maximum atomic E-state index is 5.95. The summed E-state index contributed by atoms with van der Waals surface area (Å²) in [6, 6.07) is 9.78. The van der Waals surface area contributed by atoms with Crippen LogP contribution in [0.3, 0.4) is 0 Å². The van der Waals surface area contributed by atoms with Gasteiger partial charge in [0.05, 0.1) is 0 Å². The van der Waals surface area contributed by atoms with Crippen LogP contribution in [0.1, 0.15) is 11.1 Å². The van der Waals surface area contributed by atoms with E-state index in [0.717, 1.165) is 28.1 Å². The summed E-state index contributed by atoms with van der Waals surface area (Å²) >= 11 is 9.46. The second-order valence-corrected chi connectivity index (χ2v) is 4.99. The molecule has 2 rings (SSSR count). The van der Waals surface area contributed by atoms with Gasteiger partial charge in [0, 0.05) is 35.0 Å². The average Bonchev–Trinajstić information content (AvgIpc) is 2.35. The molecular weight excluding hydrogens is 300 g/mol. The molecule has 2 nitrogen and oxygen atoms in total. The Morgan fingerprint density at radius 1 is 1.24 bits per heavy atom. The number of rotatable bonds is 4. The molecule has 0 atom stereocenters. The molecule has 0 fully saturated rings. The molecule has 0 aliphatic rings.